The van der Waals surface area contributed by atoms with Crippen molar-refractivity contribution in [1.82, 2.24) is 4.72 Å². The largest absolute Gasteiger partial charge is 0.241 e. The van der Waals surface area contributed by atoms with Crippen molar-refractivity contribution in [3.8, 4) is 0 Å². The summed E-state index contributed by atoms with van der Waals surface area (Å²) in [5.41, 5.74) is 0.999. The van der Waals surface area contributed by atoms with Gasteiger partial charge in [-0.2, -0.15) is 11.8 Å². The van der Waals surface area contributed by atoms with Crippen LogP contribution in [0.3, 0.4) is 0 Å². The topological polar surface area (TPSA) is 46.2 Å². The van der Waals surface area contributed by atoms with E-state index in [0.717, 1.165) is 22.2 Å². The molecule has 1 N–H and O–H groups in total. The zero-order chi connectivity index (χ0) is 14.8. The van der Waals surface area contributed by atoms with Crippen molar-refractivity contribution in [2.75, 3.05) is 12.3 Å². The Kier molecular flexibility index (Phi) is 5.99. The van der Waals surface area contributed by atoms with Crippen LogP contribution < -0.4 is 4.72 Å². The highest BCUT2D eigenvalue weighted by atomic mass is 79.9. The SMILES string of the molecule is Cc1cc(Br)c(S(=O)(=O)NCC2CCCCS2)cc1Br. The van der Waals surface area contributed by atoms with E-state index < -0.39 is 10.0 Å². The first-order chi connectivity index (χ1) is 9.40. The lowest BCUT2D eigenvalue weighted by molar-refractivity contribution is 0.573. The molecule has 1 aliphatic rings. The number of rotatable bonds is 4. The molecule has 1 atom stereocenters. The van der Waals surface area contributed by atoms with E-state index in [-0.39, 0.29) is 4.90 Å². The number of thioether (sulfide) groups is 1. The van der Waals surface area contributed by atoms with E-state index in [1.54, 1.807) is 6.07 Å². The molecule has 1 aliphatic heterocycles. The minimum Gasteiger partial charge on any atom is -0.210 e. The zero-order valence-corrected chi connectivity index (χ0v) is 16.0. The molecule has 1 aromatic rings. The molecule has 0 bridgehead atoms. The number of hydrogen-bond donors (Lipinski definition) is 1. The molecule has 20 heavy (non-hydrogen) atoms. The molecular weight excluding hydrogens is 426 g/mol. The highest BCUT2D eigenvalue weighted by Crippen LogP contribution is 2.29. The fraction of sp³-hybridized carbons (Fsp3) is 0.538. The predicted octanol–water partition coefficient (Wildman–Crippen LogP) is 4.08. The van der Waals surface area contributed by atoms with E-state index in [1.807, 2.05) is 24.8 Å². The van der Waals surface area contributed by atoms with Crippen molar-refractivity contribution < 1.29 is 8.42 Å². The Labute approximate surface area is 141 Å². The Morgan fingerprint density at radius 3 is 2.70 bits per heavy atom. The molecule has 1 unspecified atom stereocenters. The van der Waals surface area contributed by atoms with Gasteiger partial charge in [-0.3, -0.25) is 0 Å². The van der Waals surface area contributed by atoms with Gasteiger partial charge < -0.3 is 0 Å². The van der Waals surface area contributed by atoms with Gasteiger partial charge >= 0.3 is 0 Å². The van der Waals surface area contributed by atoms with Crippen molar-refractivity contribution in [2.24, 2.45) is 0 Å². The van der Waals surface area contributed by atoms with Crippen molar-refractivity contribution >= 4 is 53.6 Å². The lowest BCUT2D eigenvalue weighted by Gasteiger charge is -2.21. The smallest absolute Gasteiger partial charge is 0.210 e. The summed E-state index contributed by atoms with van der Waals surface area (Å²) < 4.78 is 28.9. The molecule has 2 rings (SSSR count). The Morgan fingerprint density at radius 2 is 2.05 bits per heavy atom. The number of halogens is 2. The number of hydrogen-bond acceptors (Lipinski definition) is 3. The number of sulfonamides is 1. The lowest BCUT2D eigenvalue weighted by Crippen LogP contribution is -2.32. The van der Waals surface area contributed by atoms with Crippen LogP contribution in [0.1, 0.15) is 24.8 Å². The van der Waals surface area contributed by atoms with Crippen LogP contribution in [0.15, 0.2) is 26.0 Å². The maximum absolute atomic E-state index is 12.4. The van der Waals surface area contributed by atoms with Crippen LogP contribution in [0.5, 0.6) is 0 Å². The summed E-state index contributed by atoms with van der Waals surface area (Å²) in [5, 5.41) is 0.395. The molecule has 0 radical (unpaired) electrons. The number of aryl methyl sites for hydroxylation is 1. The second kappa shape index (κ2) is 7.13. The monoisotopic (exact) mass is 441 g/mol. The van der Waals surface area contributed by atoms with Crippen LogP contribution in [0.25, 0.3) is 0 Å². The Hall–Kier alpha value is 0.440. The second-order valence-corrected chi connectivity index (χ2v) is 9.72. The second-order valence-electron chi connectivity index (χ2n) is 4.87. The summed E-state index contributed by atoms with van der Waals surface area (Å²) in [4.78, 5) is 0.288. The van der Waals surface area contributed by atoms with Gasteiger partial charge in [-0.1, -0.05) is 22.4 Å². The zero-order valence-electron chi connectivity index (χ0n) is 11.2. The molecule has 0 spiro atoms. The van der Waals surface area contributed by atoms with Gasteiger partial charge in [0, 0.05) is 20.7 Å². The number of nitrogens with one attached hydrogen (secondary N) is 1. The molecule has 1 saturated heterocycles. The van der Waals surface area contributed by atoms with E-state index in [0.29, 0.717) is 16.3 Å². The van der Waals surface area contributed by atoms with Crippen LogP contribution >= 0.6 is 43.6 Å². The van der Waals surface area contributed by atoms with Gasteiger partial charge in [-0.25, -0.2) is 13.1 Å². The Morgan fingerprint density at radius 1 is 1.30 bits per heavy atom. The van der Waals surface area contributed by atoms with Gasteiger partial charge in [0.2, 0.25) is 10.0 Å². The van der Waals surface area contributed by atoms with Crippen LogP contribution in [-0.2, 0) is 10.0 Å². The highest BCUT2D eigenvalue weighted by Gasteiger charge is 2.21. The molecule has 3 nitrogen and oxygen atoms in total. The highest BCUT2D eigenvalue weighted by molar-refractivity contribution is 9.11. The van der Waals surface area contributed by atoms with Crippen LogP contribution in [0, 0.1) is 6.92 Å². The van der Waals surface area contributed by atoms with Gasteiger partial charge in [0.25, 0.3) is 0 Å². The first-order valence-corrected chi connectivity index (χ1v) is 10.6. The third kappa shape index (κ3) is 4.22. The summed E-state index contributed by atoms with van der Waals surface area (Å²) >= 11 is 8.58. The molecule has 0 aromatic heterocycles. The molecular formula is C13H17Br2NO2S2. The van der Waals surface area contributed by atoms with Crippen LogP contribution in [0.2, 0.25) is 0 Å². The summed E-state index contributed by atoms with van der Waals surface area (Å²) in [6.45, 7) is 2.43. The van der Waals surface area contributed by atoms with E-state index in [9.17, 15) is 8.42 Å². The molecule has 7 heteroatoms. The standard InChI is InChI=1S/C13H17Br2NO2S2/c1-9-6-12(15)13(7-11(9)14)20(17,18)16-8-10-4-2-3-5-19-10/h6-7,10,16H,2-5,8H2,1H3. The average Bonchev–Trinajstić information content (AvgIpc) is 2.42. The lowest BCUT2D eigenvalue weighted by atomic mass is 10.2. The molecule has 1 fully saturated rings. The molecule has 0 amide bonds. The average molecular weight is 443 g/mol. The van der Waals surface area contributed by atoms with Crippen LogP contribution in [0.4, 0.5) is 0 Å². The summed E-state index contributed by atoms with van der Waals surface area (Å²) in [6.07, 6.45) is 3.52. The first kappa shape index (κ1) is 16.8. The third-order valence-electron chi connectivity index (χ3n) is 3.28. The van der Waals surface area contributed by atoms with Crippen molar-refractivity contribution in [3.05, 3.63) is 26.6 Å². The van der Waals surface area contributed by atoms with E-state index in [4.69, 9.17) is 0 Å². The summed E-state index contributed by atoms with van der Waals surface area (Å²) in [7, 11) is -3.47. The fourth-order valence-electron chi connectivity index (χ4n) is 2.08. The van der Waals surface area contributed by atoms with Gasteiger partial charge in [0.15, 0.2) is 0 Å². The maximum atomic E-state index is 12.4. The third-order valence-corrected chi connectivity index (χ3v) is 7.91. The molecule has 1 heterocycles. The van der Waals surface area contributed by atoms with E-state index in [2.05, 4.69) is 36.6 Å². The van der Waals surface area contributed by atoms with E-state index in [1.165, 1.54) is 12.8 Å². The van der Waals surface area contributed by atoms with Gasteiger partial charge in [-0.15, -0.1) is 0 Å². The normalized spacial score (nSPS) is 20.1. The van der Waals surface area contributed by atoms with Crippen molar-refractivity contribution in [3.63, 3.8) is 0 Å². The van der Waals surface area contributed by atoms with Gasteiger partial charge in [0.1, 0.15) is 0 Å². The van der Waals surface area contributed by atoms with Crippen molar-refractivity contribution in [1.29, 1.82) is 0 Å². The number of benzene rings is 1. The minimum atomic E-state index is -3.47. The van der Waals surface area contributed by atoms with Gasteiger partial charge in [-0.05, 0) is 59.1 Å². The maximum Gasteiger partial charge on any atom is 0.241 e. The summed E-state index contributed by atoms with van der Waals surface area (Å²) in [5.74, 6) is 1.13. The molecule has 0 saturated carbocycles. The quantitative estimate of drug-likeness (QED) is 0.763. The summed E-state index contributed by atoms with van der Waals surface area (Å²) in [6, 6.07) is 3.46. The van der Waals surface area contributed by atoms with Crippen LogP contribution in [-0.4, -0.2) is 26.0 Å². The Balaban J connectivity index is 2.11. The molecule has 1 aromatic carbocycles. The minimum absolute atomic E-state index is 0.288. The van der Waals surface area contributed by atoms with Gasteiger partial charge in [0.05, 0.1) is 4.90 Å². The van der Waals surface area contributed by atoms with E-state index >= 15 is 0 Å². The fourth-order valence-corrected chi connectivity index (χ4v) is 6.18. The Bertz CT molecular complexity index is 584. The first-order valence-electron chi connectivity index (χ1n) is 6.47. The predicted molar refractivity (Wildman–Crippen MR) is 91.9 cm³/mol. The molecule has 0 aliphatic carbocycles. The molecule has 112 valence electrons. The van der Waals surface area contributed by atoms with Crippen molar-refractivity contribution in [2.45, 2.75) is 36.3 Å².